The van der Waals surface area contributed by atoms with Gasteiger partial charge in [0.1, 0.15) is 22.8 Å². The van der Waals surface area contributed by atoms with Gasteiger partial charge in [0.2, 0.25) is 0 Å². The van der Waals surface area contributed by atoms with Gasteiger partial charge in [0.05, 0.1) is 17.5 Å². The average molecular weight is 496 g/mol. The molecule has 1 unspecified atom stereocenters. The maximum atomic E-state index is 13.8. The first-order valence-electron chi connectivity index (χ1n) is 12.6. The highest BCUT2D eigenvalue weighted by Gasteiger charge is 2.55. The summed E-state index contributed by atoms with van der Waals surface area (Å²) in [7, 11) is 3.81. The molecule has 1 saturated heterocycles. The predicted molar refractivity (Wildman–Crippen MR) is 132 cm³/mol. The van der Waals surface area contributed by atoms with E-state index in [1.54, 1.807) is 18.0 Å². The number of Topliss-reactive ketones (excluding diaryl/α,β-unsaturated/α-hetero) is 2. The number of primary amides is 1. The first kappa shape index (κ1) is 24.5. The minimum atomic E-state index is -1.23. The largest absolute Gasteiger partial charge is 0.510 e. The van der Waals surface area contributed by atoms with Gasteiger partial charge < -0.3 is 21.1 Å². The Balaban J connectivity index is 1.61. The average Bonchev–Trinajstić information content (AvgIpc) is 3.23. The van der Waals surface area contributed by atoms with E-state index in [4.69, 9.17) is 5.73 Å². The zero-order valence-corrected chi connectivity index (χ0v) is 20.8. The van der Waals surface area contributed by atoms with Gasteiger partial charge in [-0.25, -0.2) is 0 Å². The van der Waals surface area contributed by atoms with Crippen molar-refractivity contribution in [3.63, 3.8) is 0 Å². The summed E-state index contributed by atoms with van der Waals surface area (Å²) in [6.07, 6.45) is 2.83. The van der Waals surface area contributed by atoms with Crippen LogP contribution in [0.2, 0.25) is 0 Å². The van der Waals surface area contributed by atoms with Crippen molar-refractivity contribution in [2.24, 2.45) is 23.5 Å². The molecule has 5 rings (SSSR count). The second-order valence-electron chi connectivity index (χ2n) is 10.6. The number of nitrogens with zero attached hydrogens (tertiary/aromatic N) is 2. The van der Waals surface area contributed by atoms with Crippen LogP contribution in [0.5, 0.6) is 5.75 Å². The number of carbonyl (C=O) groups is 3. The number of hydrogen-bond donors (Lipinski definition) is 4. The summed E-state index contributed by atoms with van der Waals surface area (Å²) < 4.78 is 0. The van der Waals surface area contributed by atoms with E-state index in [1.807, 2.05) is 20.0 Å². The molecule has 1 aromatic carbocycles. The van der Waals surface area contributed by atoms with Crippen molar-refractivity contribution >= 4 is 23.2 Å². The van der Waals surface area contributed by atoms with Gasteiger partial charge in [0.25, 0.3) is 5.91 Å². The van der Waals surface area contributed by atoms with Crippen LogP contribution in [0, 0.1) is 17.8 Å². The van der Waals surface area contributed by atoms with E-state index in [-0.39, 0.29) is 40.4 Å². The van der Waals surface area contributed by atoms with Crippen LogP contribution in [-0.4, -0.2) is 75.8 Å². The van der Waals surface area contributed by atoms with Gasteiger partial charge in [-0.15, -0.1) is 0 Å². The van der Waals surface area contributed by atoms with Gasteiger partial charge in [-0.05, 0) is 81.9 Å². The SMILES string of the molecule is CCN(C)[C@@H]1C(O)=C(C(N)=O)C(=O)[C@H]2C(=O)C3=C(O)c4c(O)cc(C5CCCN5C)cc4C[C@H]3C[C@H]21. The van der Waals surface area contributed by atoms with Gasteiger partial charge in [0.15, 0.2) is 11.6 Å². The van der Waals surface area contributed by atoms with Gasteiger partial charge in [-0.2, -0.15) is 0 Å². The number of aliphatic hydroxyl groups excluding tert-OH is 2. The Morgan fingerprint density at radius 1 is 1.19 bits per heavy atom. The summed E-state index contributed by atoms with van der Waals surface area (Å²) in [6, 6.07) is 3.12. The lowest BCUT2D eigenvalue weighted by molar-refractivity contribution is -0.137. The Bertz CT molecular complexity index is 1230. The number of aliphatic hydroxyl groups is 2. The Kier molecular flexibility index (Phi) is 5.95. The van der Waals surface area contributed by atoms with Gasteiger partial charge in [-0.1, -0.05) is 13.0 Å². The number of carbonyl (C=O) groups excluding carboxylic acids is 3. The number of phenolic OH excluding ortho intramolecular Hbond substituents is 1. The van der Waals surface area contributed by atoms with E-state index >= 15 is 0 Å². The quantitative estimate of drug-likeness (QED) is 0.367. The van der Waals surface area contributed by atoms with Crippen molar-refractivity contribution in [3.8, 4) is 5.75 Å². The number of fused-ring (bicyclic) bond motifs is 3. The van der Waals surface area contributed by atoms with Crippen LogP contribution in [0.1, 0.15) is 48.9 Å². The van der Waals surface area contributed by atoms with E-state index in [9.17, 15) is 29.7 Å². The highest BCUT2D eigenvalue weighted by molar-refractivity contribution is 6.28. The van der Waals surface area contributed by atoms with E-state index in [2.05, 4.69) is 4.90 Å². The molecule has 1 aliphatic heterocycles. The third-order valence-corrected chi connectivity index (χ3v) is 8.72. The van der Waals surface area contributed by atoms with Crippen LogP contribution in [-0.2, 0) is 20.8 Å². The third kappa shape index (κ3) is 3.48. The van der Waals surface area contributed by atoms with Gasteiger partial charge >= 0.3 is 0 Å². The monoisotopic (exact) mass is 495 g/mol. The lowest BCUT2D eigenvalue weighted by Gasteiger charge is -2.46. The maximum absolute atomic E-state index is 13.8. The number of likely N-dealkylation sites (tertiary alicyclic amines) is 1. The number of allylic oxidation sites excluding steroid dienone is 1. The number of nitrogens with two attached hydrogens (primary N) is 1. The Morgan fingerprint density at radius 2 is 1.92 bits per heavy atom. The van der Waals surface area contributed by atoms with Crippen molar-refractivity contribution in [3.05, 3.63) is 45.7 Å². The molecule has 9 heteroatoms. The van der Waals surface area contributed by atoms with Crippen molar-refractivity contribution in [2.45, 2.75) is 44.7 Å². The number of amides is 1. The second kappa shape index (κ2) is 8.74. The topological polar surface area (TPSA) is 144 Å². The van der Waals surface area contributed by atoms with Crippen LogP contribution in [0.4, 0.5) is 0 Å². The number of likely N-dealkylation sites (N-methyl/N-ethyl adjacent to an activating group) is 1. The summed E-state index contributed by atoms with van der Waals surface area (Å²) in [5.41, 5.74) is 6.98. The number of ketones is 2. The van der Waals surface area contributed by atoms with E-state index < -0.39 is 40.9 Å². The highest BCUT2D eigenvalue weighted by atomic mass is 16.3. The third-order valence-electron chi connectivity index (χ3n) is 8.72. The standard InChI is InChI=1S/C27H33N3O6/c1-4-29(2)22-15-10-14-9-13-8-12(16-6-5-7-30(16)3)11-17(31)18(13)23(32)19(14)24(33)20(15)25(34)21(26(22)35)27(28)36/h8,11,14-16,20,22,31-32,35H,4-7,9-10H2,1-3H3,(H2,28,36)/t14-,15+,16?,20+,22-/m0/s1. The molecular weight excluding hydrogens is 462 g/mol. The zero-order chi connectivity index (χ0) is 26.0. The van der Waals surface area contributed by atoms with Crippen LogP contribution < -0.4 is 5.73 Å². The fourth-order valence-corrected chi connectivity index (χ4v) is 6.95. The summed E-state index contributed by atoms with van der Waals surface area (Å²) in [5, 5.41) is 33.1. The van der Waals surface area contributed by atoms with Crippen LogP contribution in [0.3, 0.4) is 0 Å². The minimum absolute atomic E-state index is 0.0879. The molecule has 36 heavy (non-hydrogen) atoms. The Morgan fingerprint density at radius 3 is 2.53 bits per heavy atom. The molecule has 1 aromatic rings. The molecule has 4 aliphatic rings. The van der Waals surface area contributed by atoms with Crippen molar-refractivity contribution in [1.29, 1.82) is 0 Å². The van der Waals surface area contributed by atoms with Gasteiger partial charge in [0, 0.05) is 11.6 Å². The summed E-state index contributed by atoms with van der Waals surface area (Å²) in [6.45, 7) is 3.37. The second-order valence-corrected chi connectivity index (χ2v) is 10.6. The molecule has 0 radical (unpaired) electrons. The van der Waals surface area contributed by atoms with Crippen molar-refractivity contribution in [2.75, 3.05) is 27.2 Å². The lowest BCUT2D eigenvalue weighted by Crippen LogP contribution is -2.56. The molecule has 1 amide bonds. The molecule has 5 atom stereocenters. The molecule has 3 aliphatic carbocycles. The zero-order valence-electron chi connectivity index (χ0n) is 20.8. The highest BCUT2D eigenvalue weighted by Crippen LogP contribution is 2.51. The molecule has 9 nitrogen and oxygen atoms in total. The Hall–Kier alpha value is -3.17. The number of rotatable bonds is 4. The van der Waals surface area contributed by atoms with E-state index in [1.165, 1.54) is 0 Å². The molecule has 192 valence electrons. The van der Waals surface area contributed by atoms with E-state index in [0.717, 1.165) is 30.5 Å². The molecule has 5 N–H and O–H groups in total. The Labute approximate surface area is 209 Å². The smallest absolute Gasteiger partial charge is 0.255 e. The minimum Gasteiger partial charge on any atom is -0.510 e. The van der Waals surface area contributed by atoms with Crippen LogP contribution >= 0.6 is 0 Å². The summed E-state index contributed by atoms with van der Waals surface area (Å²) >= 11 is 0. The lowest BCUT2D eigenvalue weighted by atomic mass is 9.59. The van der Waals surface area contributed by atoms with E-state index in [0.29, 0.717) is 19.4 Å². The van der Waals surface area contributed by atoms with Crippen molar-refractivity contribution < 1.29 is 29.7 Å². The number of phenols is 1. The summed E-state index contributed by atoms with van der Waals surface area (Å²) in [5.74, 6) is -5.41. The number of hydrogen-bond acceptors (Lipinski definition) is 8. The normalized spacial score (nSPS) is 30.5. The fourth-order valence-electron chi connectivity index (χ4n) is 6.95. The first-order chi connectivity index (χ1) is 17.1. The fraction of sp³-hybridized carbons (Fsp3) is 0.519. The molecular formula is C27H33N3O6. The van der Waals surface area contributed by atoms with Crippen LogP contribution in [0.25, 0.3) is 5.76 Å². The number of aromatic hydroxyl groups is 1. The molecule has 0 aromatic heterocycles. The molecule has 1 heterocycles. The molecule has 1 saturated carbocycles. The molecule has 0 bridgehead atoms. The molecule has 0 spiro atoms. The van der Waals surface area contributed by atoms with Gasteiger partial charge in [-0.3, -0.25) is 24.2 Å². The summed E-state index contributed by atoms with van der Waals surface area (Å²) in [4.78, 5) is 43.2. The molecule has 2 fully saturated rings. The maximum Gasteiger partial charge on any atom is 0.255 e. The predicted octanol–water partition coefficient (Wildman–Crippen LogP) is 2.01. The van der Waals surface area contributed by atoms with Crippen molar-refractivity contribution in [1.82, 2.24) is 9.80 Å². The first-order valence-corrected chi connectivity index (χ1v) is 12.6. The number of benzene rings is 1. The van der Waals surface area contributed by atoms with Crippen LogP contribution in [0.15, 0.2) is 29.0 Å².